The number of hydrogen-bond acceptors (Lipinski definition) is 5. The number of guanidine groups is 2. The highest BCUT2D eigenvalue weighted by Gasteiger charge is 1.99. The van der Waals surface area contributed by atoms with Crippen LogP contribution in [0.4, 0.5) is 0 Å². The van der Waals surface area contributed by atoms with Crippen molar-refractivity contribution in [3.63, 3.8) is 0 Å². The molecule has 1 aliphatic rings. The molecule has 0 atom stereocenters. The fourth-order valence-electron chi connectivity index (χ4n) is 0.529. The molecular formula is C4H9N5. The molecule has 5 nitrogen and oxygen atoms in total. The van der Waals surface area contributed by atoms with Gasteiger partial charge in [-0.2, -0.15) is 4.99 Å². The molecule has 0 spiro atoms. The van der Waals surface area contributed by atoms with Crippen molar-refractivity contribution < 1.29 is 0 Å². The Bertz CT molecular complexity index is 158. The van der Waals surface area contributed by atoms with E-state index < -0.39 is 0 Å². The third-order valence-corrected chi connectivity index (χ3v) is 0.951. The molecule has 1 aliphatic heterocycles. The lowest BCUT2D eigenvalue weighted by atomic mass is 10.8. The van der Waals surface area contributed by atoms with Crippen molar-refractivity contribution in [1.29, 1.82) is 0 Å². The van der Waals surface area contributed by atoms with Gasteiger partial charge in [-0.3, -0.25) is 0 Å². The Kier molecular flexibility index (Phi) is 1.53. The van der Waals surface area contributed by atoms with E-state index in [4.69, 9.17) is 5.73 Å². The average molecular weight is 127 g/mol. The normalized spacial score (nSPS) is 17.4. The van der Waals surface area contributed by atoms with Gasteiger partial charge >= 0.3 is 0 Å². The van der Waals surface area contributed by atoms with Crippen LogP contribution in [0.1, 0.15) is 0 Å². The molecule has 0 aromatic rings. The number of nitrogens with two attached hydrogens (primary N) is 1. The van der Waals surface area contributed by atoms with Gasteiger partial charge in [0.25, 0.3) is 0 Å². The first kappa shape index (κ1) is 5.87. The summed E-state index contributed by atoms with van der Waals surface area (Å²) < 4.78 is 0. The Morgan fingerprint density at radius 3 is 3.00 bits per heavy atom. The molecular weight excluding hydrogens is 118 g/mol. The average Bonchev–Trinajstić information content (AvgIpc) is 1.88. The molecule has 4 N–H and O–H groups in total. The monoisotopic (exact) mass is 127 g/mol. The summed E-state index contributed by atoms with van der Waals surface area (Å²) in [6.45, 7) is 0.505. The van der Waals surface area contributed by atoms with E-state index in [-0.39, 0.29) is 0 Å². The molecule has 0 unspecified atom stereocenters. The smallest absolute Gasteiger partial charge is 0.220 e. The van der Waals surface area contributed by atoms with E-state index in [2.05, 4.69) is 20.6 Å². The van der Waals surface area contributed by atoms with Crippen LogP contribution in [0.2, 0.25) is 0 Å². The minimum Gasteiger partial charge on any atom is -0.368 e. The zero-order valence-corrected chi connectivity index (χ0v) is 5.18. The lowest BCUT2D eigenvalue weighted by molar-refractivity contribution is 0.860. The van der Waals surface area contributed by atoms with Crippen LogP contribution in [0.25, 0.3) is 0 Å². The molecule has 0 saturated heterocycles. The van der Waals surface area contributed by atoms with Crippen molar-refractivity contribution in [2.24, 2.45) is 15.7 Å². The first-order chi connectivity index (χ1) is 4.33. The SMILES string of the molecule is CNC1=NC(N)=NCN1. The van der Waals surface area contributed by atoms with Gasteiger partial charge in [0.2, 0.25) is 11.9 Å². The van der Waals surface area contributed by atoms with Crippen LogP contribution in [-0.2, 0) is 0 Å². The Balaban J connectivity index is 2.63. The highest BCUT2D eigenvalue weighted by atomic mass is 15.3. The Hall–Kier alpha value is -1.26. The summed E-state index contributed by atoms with van der Waals surface area (Å²) >= 11 is 0. The molecule has 0 fully saturated rings. The van der Waals surface area contributed by atoms with E-state index in [0.29, 0.717) is 18.6 Å². The van der Waals surface area contributed by atoms with Gasteiger partial charge in [-0.1, -0.05) is 0 Å². The second kappa shape index (κ2) is 2.34. The van der Waals surface area contributed by atoms with Gasteiger partial charge in [-0.25, -0.2) is 4.99 Å². The van der Waals surface area contributed by atoms with Crippen LogP contribution < -0.4 is 16.4 Å². The van der Waals surface area contributed by atoms with Crippen molar-refractivity contribution in [1.82, 2.24) is 10.6 Å². The molecule has 9 heavy (non-hydrogen) atoms. The lowest BCUT2D eigenvalue weighted by Crippen LogP contribution is -2.39. The van der Waals surface area contributed by atoms with Crippen LogP contribution in [0, 0.1) is 0 Å². The molecule has 0 aliphatic carbocycles. The second-order valence-corrected chi connectivity index (χ2v) is 1.56. The third-order valence-electron chi connectivity index (χ3n) is 0.951. The predicted molar refractivity (Wildman–Crippen MR) is 36.1 cm³/mol. The number of nitrogens with zero attached hydrogens (tertiary/aromatic N) is 2. The summed E-state index contributed by atoms with van der Waals surface area (Å²) in [6.07, 6.45) is 0. The summed E-state index contributed by atoms with van der Waals surface area (Å²) in [5.74, 6) is 0.987. The van der Waals surface area contributed by atoms with Gasteiger partial charge in [0, 0.05) is 7.05 Å². The molecule has 1 heterocycles. The quantitative estimate of drug-likeness (QED) is 0.368. The van der Waals surface area contributed by atoms with Crippen molar-refractivity contribution in [3.05, 3.63) is 0 Å². The van der Waals surface area contributed by atoms with E-state index in [1.54, 1.807) is 7.05 Å². The first-order valence-corrected chi connectivity index (χ1v) is 2.63. The Morgan fingerprint density at radius 1 is 1.78 bits per heavy atom. The molecule has 1 rings (SSSR count). The van der Waals surface area contributed by atoms with E-state index in [0.717, 1.165) is 0 Å². The maximum atomic E-state index is 5.28. The predicted octanol–water partition coefficient (Wildman–Crippen LogP) is -1.56. The molecule has 0 saturated carbocycles. The molecule has 0 radical (unpaired) electrons. The summed E-state index contributed by atoms with van der Waals surface area (Å²) in [7, 11) is 1.77. The molecule has 0 aromatic carbocycles. The van der Waals surface area contributed by atoms with Crippen molar-refractivity contribution in [2.75, 3.05) is 13.7 Å². The van der Waals surface area contributed by atoms with Crippen LogP contribution in [0.15, 0.2) is 9.98 Å². The first-order valence-electron chi connectivity index (χ1n) is 2.63. The maximum absolute atomic E-state index is 5.28. The highest BCUT2D eigenvalue weighted by Crippen LogP contribution is 1.79. The number of aliphatic imine (C=N–C) groups is 2. The van der Waals surface area contributed by atoms with Crippen molar-refractivity contribution in [3.8, 4) is 0 Å². The van der Waals surface area contributed by atoms with Crippen molar-refractivity contribution in [2.45, 2.75) is 0 Å². The summed E-state index contributed by atoms with van der Waals surface area (Å²) in [5.41, 5.74) is 5.28. The summed E-state index contributed by atoms with van der Waals surface area (Å²) in [5, 5.41) is 5.68. The van der Waals surface area contributed by atoms with Gasteiger partial charge in [-0.05, 0) is 0 Å². The van der Waals surface area contributed by atoms with E-state index in [9.17, 15) is 0 Å². The Morgan fingerprint density at radius 2 is 2.56 bits per heavy atom. The minimum atomic E-state index is 0.318. The summed E-state index contributed by atoms with van der Waals surface area (Å²) in [4.78, 5) is 7.61. The highest BCUT2D eigenvalue weighted by molar-refractivity contribution is 5.95. The largest absolute Gasteiger partial charge is 0.368 e. The maximum Gasteiger partial charge on any atom is 0.220 e. The van der Waals surface area contributed by atoms with E-state index >= 15 is 0 Å². The number of nitrogens with one attached hydrogen (secondary N) is 2. The van der Waals surface area contributed by atoms with E-state index in [1.165, 1.54) is 0 Å². The molecule has 5 heteroatoms. The second-order valence-electron chi connectivity index (χ2n) is 1.56. The molecule has 0 amide bonds. The standard InChI is InChI=1S/C4H9N5/c1-6-4-8-2-7-3(5)9-4/h2H2,1H3,(H4,5,6,7,8,9). The van der Waals surface area contributed by atoms with Crippen LogP contribution in [0.3, 0.4) is 0 Å². The molecule has 0 bridgehead atoms. The molecule has 0 aromatic heterocycles. The third kappa shape index (κ3) is 1.31. The van der Waals surface area contributed by atoms with Crippen molar-refractivity contribution >= 4 is 11.9 Å². The fraction of sp³-hybridized carbons (Fsp3) is 0.500. The van der Waals surface area contributed by atoms with Gasteiger partial charge in [-0.15, -0.1) is 0 Å². The van der Waals surface area contributed by atoms with Crippen LogP contribution in [-0.4, -0.2) is 25.6 Å². The van der Waals surface area contributed by atoms with Crippen LogP contribution >= 0.6 is 0 Å². The van der Waals surface area contributed by atoms with Crippen LogP contribution in [0.5, 0.6) is 0 Å². The van der Waals surface area contributed by atoms with Gasteiger partial charge in [0.05, 0.1) is 0 Å². The lowest BCUT2D eigenvalue weighted by Gasteiger charge is -2.10. The molecule has 50 valence electrons. The zero-order valence-electron chi connectivity index (χ0n) is 5.18. The van der Waals surface area contributed by atoms with Gasteiger partial charge in [0.1, 0.15) is 6.67 Å². The van der Waals surface area contributed by atoms with Gasteiger partial charge < -0.3 is 16.4 Å². The minimum absolute atomic E-state index is 0.318. The summed E-state index contributed by atoms with van der Waals surface area (Å²) in [6, 6.07) is 0. The number of rotatable bonds is 0. The van der Waals surface area contributed by atoms with Gasteiger partial charge in [0.15, 0.2) is 0 Å². The topological polar surface area (TPSA) is 74.8 Å². The fourth-order valence-corrected chi connectivity index (χ4v) is 0.529. The van der Waals surface area contributed by atoms with E-state index in [1.807, 2.05) is 0 Å². The Labute approximate surface area is 53.1 Å². The zero-order chi connectivity index (χ0) is 6.69. The number of hydrogen-bond donors (Lipinski definition) is 3.